The summed E-state index contributed by atoms with van der Waals surface area (Å²) in [5, 5.41) is 11.6. The van der Waals surface area contributed by atoms with Crippen LogP contribution in [0.4, 0.5) is 14.5 Å². The van der Waals surface area contributed by atoms with Crippen LogP contribution >= 0.6 is 0 Å². The van der Waals surface area contributed by atoms with E-state index in [-0.39, 0.29) is 17.7 Å². The lowest BCUT2D eigenvalue weighted by Gasteiger charge is -2.10. The fourth-order valence-electron chi connectivity index (χ4n) is 1.89. The van der Waals surface area contributed by atoms with Crippen molar-refractivity contribution in [2.75, 3.05) is 11.9 Å². The van der Waals surface area contributed by atoms with Gasteiger partial charge < -0.3 is 10.1 Å². The zero-order valence-corrected chi connectivity index (χ0v) is 11.5. The number of nitriles is 1. The second-order valence-corrected chi connectivity index (χ2v) is 4.34. The van der Waals surface area contributed by atoms with Crippen LogP contribution in [0.25, 0.3) is 0 Å². The zero-order valence-electron chi connectivity index (χ0n) is 11.5. The molecule has 0 aliphatic rings. The highest BCUT2D eigenvalue weighted by Crippen LogP contribution is 2.20. The van der Waals surface area contributed by atoms with Gasteiger partial charge in [-0.2, -0.15) is 5.26 Å². The van der Waals surface area contributed by atoms with Crippen LogP contribution in [0.2, 0.25) is 0 Å². The number of nitrogens with zero attached hydrogens (tertiary/aromatic N) is 1. The highest BCUT2D eigenvalue weighted by Gasteiger charge is 2.11. The van der Waals surface area contributed by atoms with Crippen LogP contribution in [0, 0.1) is 23.0 Å². The molecule has 108 valence electrons. The molecule has 21 heavy (non-hydrogen) atoms. The molecular weight excluding hydrogens is 274 g/mol. The number of halogens is 2. The summed E-state index contributed by atoms with van der Waals surface area (Å²) in [4.78, 5) is 0. The number of rotatable bonds is 5. The molecule has 2 rings (SSSR count). The maximum atomic E-state index is 13.7. The van der Waals surface area contributed by atoms with Crippen molar-refractivity contribution in [3.05, 3.63) is 59.2 Å². The minimum Gasteiger partial charge on any atom is -0.494 e. The van der Waals surface area contributed by atoms with Gasteiger partial charge in [0.1, 0.15) is 17.4 Å². The molecule has 0 fully saturated rings. The van der Waals surface area contributed by atoms with E-state index in [2.05, 4.69) is 5.32 Å². The Morgan fingerprint density at radius 1 is 1.19 bits per heavy atom. The summed E-state index contributed by atoms with van der Waals surface area (Å²) in [5.41, 5.74) is 0.562. The molecule has 0 aliphatic carbocycles. The van der Waals surface area contributed by atoms with E-state index in [0.29, 0.717) is 18.0 Å². The Balaban J connectivity index is 2.13. The first-order chi connectivity index (χ1) is 10.1. The molecule has 0 amide bonds. The quantitative estimate of drug-likeness (QED) is 0.909. The molecule has 1 N–H and O–H groups in total. The lowest BCUT2D eigenvalue weighted by molar-refractivity contribution is 0.340. The van der Waals surface area contributed by atoms with Crippen LogP contribution in [-0.2, 0) is 6.54 Å². The fraction of sp³-hybridized carbons (Fsp3) is 0.188. The lowest BCUT2D eigenvalue weighted by atomic mass is 10.1. The molecule has 0 spiro atoms. The van der Waals surface area contributed by atoms with Gasteiger partial charge in [0.15, 0.2) is 0 Å². The minimum atomic E-state index is -0.736. The van der Waals surface area contributed by atoms with Crippen LogP contribution in [0.15, 0.2) is 36.4 Å². The molecule has 0 aliphatic heterocycles. The molecule has 3 nitrogen and oxygen atoms in total. The minimum absolute atomic E-state index is 0.0149. The molecule has 0 aromatic heterocycles. The van der Waals surface area contributed by atoms with E-state index in [4.69, 9.17) is 10.00 Å². The van der Waals surface area contributed by atoms with Crippen molar-refractivity contribution in [2.24, 2.45) is 0 Å². The Bertz CT molecular complexity index is 657. The van der Waals surface area contributed by atoms with E-state index < -0.39 is 11.6 Å². The molecule has 0 saturated heterocycles. The third-order valence-corrected chi connectivity index (χ3v) is 2.88. The standard InChI is InChI=1S/C16H14F2N2O/c1-2-21-13-5-3-4-12(8-13)20-10-14-15(17)6-11(9-19)7-16(14)18/h3-8,20H,2,10H2,1H3. The third-order valence-electron chi connectivity index (χ3n) is 2.88. The van der Waals surface area contributed by atoms with Gasteiger partial charge in [0.25, 0.3) is 0 Å². The van der Waals surface area contributed by atoms with Gasteiger partial charge in [-0.15, -0.1) is 0 Å². The van der Waals surface area contributed by atoms with Gasteiger partial charge in [-0.25, -0.2) is 8.78 Å². The van der Waals surface area contributed by atoms with Crippen molar-refractivity contribution in [3.63, 3.8) is 0 Å². The van der Waals surface area contributed by atoms with Crippen molar-refractivity contribution in [1.82, 2.24) is 0 Å². The summed E-state index contributed by atoms with van der Waals surface area (Å²) in [5.74, 6) is -0.789. The van der Waals surface area contributed by atoms with E-state index in [1.807, 2.05) is 6.92 Å². The van der Waals surface area contributed by atoms with Gasteiger partial charge in [-0.05, 0) is 31.2 Å². The number of hydrogen-bond donors (Lipinski definition) is 1. The van der Waals surface area contributed by atoms with Gasteiger partial charge >= 0.3 is 0 Å². The molecular formula is C16H14F2N2O. The highest BCUT2D eigenvalue weighted by molar-refractivity contribution is 5.49. The first kappa shape index (κ1) is 14.8. The summed E-state index contributed by atoms with van der Waals surface area (Å²) in [7, 11) is 0. The normalized spacial score (nSPS) is 10.0. The Hall–Kier alpha value is -2.61. The number of ether oxygens (including phenoxy) is 1. The predicted molar refractivity (Wildman–Crippen MR) is 76.0 cm³/mol. The predicted octanol–water partition coefficient (Wildman–Crippen LogP) is 3.85. The average Bonchev–Trinajstić information content (AvgIpc) is 2.47. The SMILES string of the molecule is CCOc1cccc(NCc2c(F)cc(C#N)cc2F)c1. The molecule has 2 aromatic carbocycles. The van der Waals surface area contributed by atoms with Crippen LogP contribution < -0.4 is 10.1 Å². The van der Waals surface area contributed by atoms with Gasteiger partial charge in [0, 0.05) is 23.9 Å². The lowest BCUT2D eigenvalue weighted by Crippen LogP contribution is -2.05. The summed E-state index contributed by atoms with van der Waals surface area (Å²) >= 11 is 0. The monoisotopic (exact) mass is 288 g/mol. The first-order valence-electron chi connectivity index (χ1n) is 6.48. The summed E-state index contributed by atoms with van der Waals surface area (Å²) in [6.07, 6.45) is 0. The van der Waals surface area contributed by atoms with Crippen LogP contribution in [0.5, 0.6) is 5.75 Å². The van der Waals surface area contributed by atoms with Crippen molar-refractivity contribution in [1.29, 1.82) is 5.26 Å². The van der Waals surface area contributed by atoms with Crippen LogP contribution in [0.1, 0.15) is 18.1 Å². The zero-order chi connectivity index (χ0) is 15.2. The highest BCUT2D eigenvalue weighted by atomic mass is 19.1. The summed E-state index contributed by atoms with van der Waals surface area (Å²) in [6.45, 7) is 2.41. The van der Waals surface area contributed by atoms with Crippen molar-refractivity contribution in [2.45, 2.75) is 13.5 Å². The van der Waals surface area contributed by atoms with Crippen LogP contribution in [0.3, 0.4) is 0 Å². The maximum Gasteiger partial charge on any atom is 0.132 e. The number of hydrogen-bond acceptors (Lipinski definition) is 3. The molecule has 2 aromatic rings. The van der Waals surface area contributed by atoms with Crippen molar-refractivity contribution in [3.8, 4) is 11.8 Å². The van der Waals surface area contributed by atoms with Crippen molar-refractivity contribution < 1.29 is 13.5 Å². The first-order valence-corrected chi connectivity index (χ1v) is 6.48. The molecule has 0 unspecified atom stereocenters. The smallest absolute Gasteiger partial charge is 0.132 e. The Labute approximate surface area is 121 Å². The van der Waals surface area contributed by atoms with Gasteiger partial charge in [-0.1, -0.05) is 6.07 Å². The van der Waals surface area contributed by atoms with E-state index >= 15 is 0 Å². The van der Waals surface area contributed by atoms with Gasteiger partial charge in [-0.3, -0.25) is 0 Å². The van der Waals surface area contributed by atoms with Crippen molar-refractivity contribution >= 4 is 5.69 Å². The number of benzene rings is 2. The van der Waals surface area contributed by atoms with E-state index in [0.717, 1.165) is 12.1 Å². The van der Waals surface area contributed by atoms with Gasteiger partial charge in [0.05, 0.1) is 18.2 Å². The fourth-order valence-corrected chi connectivity index (χ4v) is 1.89. The second-order valence-electron chi connectivity index (χ2n) is 4.34. The van der Waals surface area contributed by atoms with E-state index in [1.165, 1.54) is 0 Å². The average molecular weight is 288 g/mol. The second kappa shape index (κ2) is 6.71. The largest absolute Gasteiger partial charge is 0.494 e. The van der Waals surface area contributed by atoms with E-state index in [9.17, 15) is 8.78 Å². The maximum absolute atomic E-state index is 13.7. The molecule has 0 heterocycles. The van der Waals surface area contributed by atoms with E-state index in [1.54, 1.807) is 30.3 Å². The summed E-state index contributed by atoms with van der Waals surface area (Å²) < 4.78 is 32.8. The molecule has 5 heteroatoms. The third kappa shape index (κ3) is 3.69. The molecule has 0 atom stereocenters. The Morgan fingerprint density at radius 2 is 1.90 bits per heavy atom. The van der Waals surface area contributed by atoms with Gasteiger partial charge in [0.2, 0.25) is 0 Å². The van der Waals surface area contributed by atoms with Crippen LogP contribution in [-0.4, -0.2) is 6.61 Å². The molecule has 0 radical (unpaired) electrons. The molecule has 0 saturated carbocycles. The number of anilines is 1. The topological polar surface area (TPSA) is 45.0 Å². The summed E-state index contributed by atoms with van der Waals surface area (Å²) in [6, 6.07) is 10.9. The Kier molecular flexibility index (Phi) is 4.72. The molecule has 0 bridgehead atoms. The number of nitrogens with one attached hydrogen (secondary N) is 1. The Morgan fingerprint density at radius 3 is 2.52 bits per heavy atom.